The van der Waals surface area contributed by atoms with Crippen molar-refractivity contribution in [2.75, 3.05) is 11.1 Å². The molecule has 0 bridgehead atoms. The molecule has 0 aromatic heterocycles. The molecule has 1 aliphatic carbocycles. The van der Waals surface area contributed by atoms with E-state index >= 15 is 0 Å². The number of ether oxygens (including phenoxy) is 1. The number of fused-ring (bicyclic) bond motifs is 2. The van der Waals surface area contributed by atoms with Crippen molar-refractivity contribution in [2.24, 2.45) is 4.99 Å². The van der Waals surface area contributed by atoms with E-state index in [-0.39, 0.29) is 6.04 Å². The number of nitrogens with zero attached hydrogens (tertiary/aromatic N) is 1. The van der Waals surface area contributed by atoms with Gasteiger partial charge in [-0.05, 0) is 48.6 Å². The van der Waals surface area contributed by atoms with E-state index in [0.29, 0.717) is 12.6 Å². The summed E-state index contributed by atoms with van der Waals surface area (Å²) in [5.74, 6) is 0. The zero-order valence-corrected chi connectivity index (χ0v) is 12.4. The highest BCUT2D eigenvalue weighted by molar-refractivity contribution is 5.92. The summed E-state index contributed by atoms with van der Waals surface area (Å²) < 4.78 is 5.76. The van der Waals surface area contributed by atoms with E-state index in [1.807, 2.05) is 18.2 Å². The van der Waals surface area contributed by atoms with E-state index in [0.717, 1.165) is 29.8 Å². The Labute approximate surface area is 130 Å². The van der Waals surface area contributed by atoms with E-state index < -0.39 is 0 Å². The normalized spacial score (nSPS) is 21.5. The Hall–Kier alpha value is -2.49. The second kappa shape index (κ2) is 5.37. The largest absolute Gasteiger partial charge is 0.460 e. The molecule has 112 valence electrons. The van der Waals surface area contributed by atoms with Gasteiger partial charge in [0.1, 0.15) is 6.61 Å². The zero-order valence-electron chi connectivity index (χ0n) is 12.4. The lowest BCUT2D eigenvalue weighted by atomic mass is 9.88. The highest BCUT2D eigenvalue weighted by atomic mass is 16.5. The summed E-state index contributed by atoms with van der Waals surface area (Å²) in [6.45, 7) is 0.514. The average Bonchev–Trinajstić information content (AvgIpc) is 2.55. The number of anilines is 2. The quantitative estimate of drug-likeness (QED) is 0.789. The Kier molecular flexibility index (Phi) is 3.22. The Balaban J connectivity index is 1.61. The predicted octanol–water partition coefficient (Wildman–Crippen LogP) is 3.64. The number of rotatable bonds is 1. The summed E-state index contributed by atoms with van der Waals surface area (Å²) in [7, 11) is 0. The fraction of sp³-hybridized carbons (Fsp3) is 0.278. The van der Waals surface area contributed by atoms with E-state index in [1.165, 1.54) is 17.5 Å². The fourth-order valence-corrected chi connectivity index (χ4v) is 3.23. The minimum atomic E-state index is 0.183. The van der Waals surface area contributed by atoms with Crippen molar-refractivity contribution >= 4 is 17.4 Å². The van der Waals surface area contributed by atoms with Gasteiger partial charge in [0.25, 0.3) is 6.02 Å². The number of nitrogen functional groups attached to an aromatic ring is 1. The van der Waals surface area contributed by atoms with Crippen LogP contribution in [0.4, 0.5) is 11.4 Å². The van der Waals surface area contributed by atoms with Gasteiger partial charge < -0.3 is 15.8 Å². The maximum Gasteiger partial charge on any atom is 0.290 e. The molecular formula is C18H19N3O. The Morgan fingerprint density at radius 1 is 1.14 bits per heavy atom. The lowest BCUT2D eigenvalue weighted by molar-refractivity contribution is 0.282. The molecule has 4 rings (SSSR count). The molecule has 0 fully saturated rings. The number of amidine groups is 1. The number of nitrogens with one attached hydrogen (secondary N) is 1. The van der Waals surface area contributed by atoms with Crippen molar-refractivity contribution in [2.45, 2.75) is 31.9 Å². The van der Waals surface area contributed by atoms with Gasteiger partial charge in [-0.25, -0.2) is 4.99 Å². The second-order valence-electron chi connectivity index (χ2n) is 5.87. The Morgan fingerprint density at radius 3 is 3.00 bits per heavy atom. The van der Waals surface area contributed by atoms with E-state index in [9.17, 15) is 0 Å². The minimum Gasteiger partial charge on any atom is -0.460 e. The number of aryl methyl sites for hydroxylation is 1. The van der Waals surface area contributed by atoms with Crippen LogP contribution < -0.4 is 11.1 Å². The third-order valence-corrected chi connectivity index (χ3v) is 4.35. The summed E-state index contributed by atoms with van der Waals surface area (Å²) in [5, 5.41) is 3.27. The van der Waals surface area contributed by atoms with Crippen LogP contribution in [0.3, 0.4) is 0 Å². The third-order valence-electron chi connectivity index (χ3n) is 4.35. The van der Waals surface area contributed by atoms with Crippen LogP contribution in [-0.4, -0.2) is 6.02 Å². The van der Waals surface area contributed by atoms with Crippen molar-refractivity contribution in [3.8, 4) is 0 Å². The maximum atomic E-state index is 5.81. The first kappa shape index (κ1) is 13.2. The Bertz CT molecular complexity index is 739. The lowest BCUT2D eigenvalue weighted by Gasteiger charge is -2.25. The third kappa shape index (κ3) is 2.41. The van der Waals surface area contributed by atoms with Gasteiger partial charge in [0.2, 0.25) is 0 Å². The van der Waals surface area contributed by atoms with Gasteiger partial charge in [-0.2, -0.15) is 0 Å². The van der Waals surface area contributed by atoms with Crippen LogP contribution in [0.1, 0.15) is 35.6 Å². The molecule has 4 heteroatoms. The number of nitrogens with two attached hydrogens (primary N) is 1. The SMILES string of the molecule is Nc1ccc2c(c1)COC(=NC1CCCc3ccccc31)N2. The van der Waals surface area contributed by atoms with Crippen LogP contribution >= 0.6 is 0 Å². The molecule has 1 aliphatic heterocycles. The Morgan fingerprint density at radius 2 is 2.05 bits per heavy atom. The van der Waals surface area contributed by atoms with Crippen LogP contribution in [0.15, 0.2) is 47.5 Å². The van der Waals surface area contributed by atoms with E-state index in [1.54, 1.807) is 0 Å². The molecule has 0 saturated heterocycles. The highest BCUT2D eigenvalue weighted by Gasteiger charge is 2.22. The zero-order chi connectivity index (χ0) is 14.9. The van der Waals surface area contributed by atoms with Crippen molar-refractivity contribution in [1.82, 2.24) is 0 Å². The predicted molar refractivity (Wildman–Crippen MR) is 88.8 cm³/mol. The van der Waals surface area contributed by atoms with Gasteiger partial charge in [0.05, 0.1) is 6.04 Å². The first-order chi connectivity index (χ1) is 10.8. The van der Waals surface area contributed by atoms with Crippen LogP contribution in [0.2, 0.25) is 0 Å². The topological polar surface area (TPSA) is 59.6 Å². The monoisotopic (exact) mass is 293 g/mol. The van der Waals surface area contributed by atoms with Crippen LogP contribution in [0.25, 0.3) is 0 Å². The summed E-state index contributed by atoms with van der Waals surface area (Å²) in [6.07, 6.45) is 3.39. The molecule has 1 atom stereocenters. The smallest absolute Gasteiger partial charge is 0.290 e. The first-order valence-corrected chi connectivity index (χ1v) is 7.73. The molecule has 3 N–H and O–H groups in total. The first-order valence-electron chi connectivity index (χ1n) is 7.73. The summed E-state index contributed by atoms with van der Waals surface area (Å²) in [6, 6.07) is 15.2. The molecule has 22 heavy (non-hydrogen) atoms. The van der Waals surface area contributed by atoms with Gasteiger partial charge in [-0.3, -0.25) is 0 Å². The summed E-state index contributed by atoms with van der Waals surface area (Å²) >= 11 is 0. The second-order valence-corrected chi connectivity index (χ2v) is 5.87. The van der Waals surface area contributed by atoms with E-state index in [4.69, 9.17) is 15.5 Å². The van der Waals surface area contributed by atoms with Crippen molar-refractivity contribution in [1.29, 1.82) is 0 Å². The highest BCUT2D eigenvalue weighted by Crippen LogP contribution is 2.33. The minimum absolute atomic E-state index is 0.183. The maximum absolute atomic E-state index is 5.81. The van der Waals surface area contributed by atoms with Crippen LogP contribution in [0.5, 0.6) is 0 Å². The lowest BCUT2D eigenvalue weighted by Crippen LogP contribution is -2.24. The van der Waals surface area contributed by atoms with Gasteiger partial charge in [0, 0.05) is 16.9 Å². The molecule has 2 aliphatic rings. The molecule has 0 radical (unpaired) electrons. The van der Waals surface area contributed by atoms with Crippen molar-refractivity contribution < 1.29 is 4.74 Å². The van der Waals surface area contributed by atoms with Crippen LogP contribution in [0, 0.1) is 0 Å². The molecule has 4 nitrogen and oxygen atoms in total. The van der Waals surface area contributed by atoms with Crippen molar-refractivity contribution in [3.63, 3.8) is 0 Å². The number of benzene rings is 2. The number of aliphatic imine (C=N–C) groups is 1. The fourth-order valence-electron chi connectivity index (χ4n) is 3.23. The molecule has 2 aromatic carbocycles. The summed E-state index contributed by atoms with van der Waals surface area (Å²) in [4.78, 5) is 4.81. The molecule has 0 saturated carbocycles. The molecular weight excluding hydrogens is 274 g/mol. The standard InChI is InChI=1S/C18H19N3O/c19-14-8-9-16-13(10-14)11-22-18(20-16)21-17-7-3-5-12-4-1-2-6-15(12)17/h1-2,4,6,8-10,17H,3,5,7,11,19H2,(H,20,21). The van der Waals surface area contributed by atoms with Gasteiger partial charge in [-0.15, -0.1) is 0 Å². The molecule has 1 unspecified atom stereocenters. The molecule has 2 aromatic rings. The molecule has 0 spiro atoms. The molecule has 1 heterocycles. The molecule has 0 amide bonds. The van der Waals surface area contributed by atoms with Gasteiger partial charge >= 0.3 is 0 Å². The number of hydrogen-bond donors (Lipinski definition) is 2. The summed E-state index contributed by atoms with van der Waals surface area (Å²) in [5.41, 5.74) is 11.4. The van der Waals surface area contributed by atoms with Gasteiger partial charge in [0.15, 0.2) is 0 Å². The van der Waals surface area contributed by atoms with Crippen LogP contribution in [-0.2, 0) is 17.8 Å². The number of hydrogen-bond acceptors (Lipinski definition) is 3. The van der Waals surface area contributed by atoms with Gasteiger partial charge in [-0.1, -0.05) is 24.3 Å². The van der Waals surface area contributed by atoms with Crippen molar-refractivity contribution in [3.05, 3.63) is 59.2 Å². The average molecular weight is 293 g/mol. The van der Waals surface area contributed by atoms with E-state index in [2.05, 4.69) is 29.6 Å².